The molecule has 0 fully saturated rings. The number of aromatic nitrogens is 1. The lowest BCUT2D eigenvalue weighted by molar-refractivity contribution is 0.977. The molecule has 0 atom stereocenters. The van der Waals surface area contributed by atoms with E-state index in [1.54, 1.807) is 0 Å². The summed E-state index contributed by atoms with van der Waals surface area (Å²) in [6.45, 7) is 0.682. The molecule has 0 aliphatic carbocycles. The van der Waals surface area contributed by atoms with Crippen molar-refractivity contribution in [3.63, 3.8) is 0 Å². The lowest BCUT2D eigenvalue weighted by Crippen LogP contribution is -2.17. The molecule has 11 rings (SSSR count). The Labute approximate surface area is 369 Å². The fourth-order valence-electron chi connectivity index (χ4n) is 9.05. The van der Waals surface area contributed by atoms with Gasteiger partial charge < -0.3 is 9.47 Å². The summed E-state index contributed by atoms with van der Waals surface area (Å²) in [6, 6.07) is 92.4. The van der Waals surface area contributed by atoms with Crippen molar-refractivity contribution >= 4 is 33.2 Å². The average Bonchev–Trinajstić information content (AvgIpc) is 3.70. The number of fused-ring (bicyclic) bond motifs is 3. The normalized spacial score (nSPS) is 11.2. The van der Waals surface area contributed by atoms with Gasteiger partial charge in [0.25, 0.3) is 0 Å². The Morgan fingerprint density at radius 2 is 0.730 bits per heavy atom. The Morgan fingerprint density at radius 3 is 1.37 bits per heavy atom. The molecule has 1 aromatic heterocycles. The zero-order valence-corrected chi connectivity index (χ0v) is 34.9. The number of benzene rings is 10. The van der Waals surface area contributed by atoms with Gasteiger partial charge in [-0.3, -0.25) is 0 Å². The zero-order valence-electron chi connectivity index (χ0n) is 34.9. The smallest absolute Gasteiger partial charge is 0.0541 e. The maximum Gasteiger partial charge on any atom is 0.0541 e. The van der Waals surface area contributed by atoms with E-state index in [4.69, 9.17) is 0 Å². The van der Waals surface area contributed by atoms with Crippen LogP contribution in [0.25, 0.3) is 83.1 Å². The van der Waals surface area contributed by atoms with E-state index in [-0.39, 0.29) is 0 Å². The first kappa shape index (κ1) is 37.8. The fraction of sp³-hybridized carbons (Fsp3) is 0.0164. The van der Waals surface area contributed by atoms with Gasteiger partial charge in [0.2, 0.25) is 0 Å². The minimum absolute atomic E-state index is 0.682. The molecular weight excluding hydrogens is 761 g/mol. The predicted octanol–water partition coefficient (Wildman–Crippen LogP) is 16.5. The highest BCUT2D eigenvalue weighted by molar-refractivity contribution is 6.10. The summed E-state index contributed by atoms with van der Waals surface area (Å²) in [5, 5.41) is 2.51. The summed E-state index contributed by atoms with van der Waals surface area (Å²) < 4.78 is 2.37. The van der Waals surface area contributed by atoms with Gasteiger partial charge in [-0.05, 0) is 104 Å². The molecule has 0 amide bonds. The van der Waals surface area contributed by atoms with Gasteiger partial charge in [-0.15, -0.1) is 0 Å². The molecular formula is C61H44N2. The molecule has 0 saturated heterocycles. The standard InChI is InChI=1S/C61H44N2/c1-5-15-45(16-6-1)48-29-31-51(32-30-48)56-39-35-53(47-19-9-3-10-20-47)42-61(56)62(54-37-33-49(34-38-54)46-17-7-2-8-18-46)43-44-25-27-50(28-26-44)52-36-40-60-58(41-52)57-23-13-14-24-59(57)63(60)55-21-11-4-12-22-55/h1-42H,43H2. The molecule has 0 saturated carbocycles. The summed E-state index contributed by atoms with van der Waals surface area (Å²) >= 11 is 0. The van der Waals surface area contributed by atoms with Gasteiger partial charge >= 0.3 is 0 Å². The van der Waals surface area contributed by atoms with Gasteiger partial charge in [0.15, 0.2) is 0 Å². The third-order valence-corrected chi connectivity index (χ3v) is 12.3. The van der Waals surface area contributed by atoms with Crippen molar-refractivity contribution in [2.45, 2.75) is 6.54 Å². The van der Waals surface area contributed by atoms with Gasteiger partial charge in [0.1, 0.15) is 0 Å². The van der Waals surface area contributed by atoms with Crippen LogP contribution in [0.15, 0.2) is 255 Å². The van der Waals surface area contributed by atoms with Crippen LogP contribution in [0, 0.1) is 0 Å². The summed E-state index contributed by atoms with van der Waals surface area (Å²) in [6.07, 6.45) is 0. The zero-order chi connectivity index (χ0) is 42.0. The second-order valence-corrected chi connectivity index (χ2v) is 16.2. The maximum atomic E-state index is 2.49. The second kappa shape index (κ2) is 16.7. The van der Waals surface area contributed by atoms with Crippen LogP contribution in [0.4, 0.5) is 11.4 Å². The molecule has 2 nitrogen and oxygen atoms in total. The Balaban J connectivity index is 0.999. The lowest BCUT2D eigenvalue weighted by atomic mass is 9.95. The first-order valence-corrected chi connectivity index (χ1v) is 21.7. The van der Waals surface area contributed by atoms with E-state index in [2.05, 4.69) is 264 Å². The molecule has 0 aliphatic heterocycles. The first-order chi connectivity index (χ1) is 31.2. The number of nitrogens with zero attached hydrogens (tertiary/aromatic N) is 2. The van der Waals surface area contributed by atoms with Gasteiger partial charge in [0, 0.05) is 39.9 Å². The van der Waals surface area contributed by atoms with E-state index in [1.165, 1.54) is 88.7 Å². The minimum atomic E-state index is 0.682. The van der Waals surface area contributed by atoms with Crippen molar-refractivity contribution in [2.75, 3.05) is 4.90 Å². The molecule has 0 unspecified atom stereocenters. The third kappa shape index (κ3) is 7.49. The molecule has 2 heteroatoms. The van der Waals surface area contributed by atoms with Crippen LogP contribution in [-0.4, -0.2) is 4.57 Å². The molecule has 11 aromatic rings. The largest absolute Gasteiger partial charge is 0.336 e. The van der Waals surface area contributed by atoms with Gasteiger partial charge in [-0.1, -0.05) is 206 Å². The summed E-state index contributed by atoms with van der Waals surface area (Å²) in [5.41, 5.74) is 19.1. The molecule has 1 heterocycles. The fourth-order valence-corrected chi connectivity index (χ4v) is 9.05. The highest BCUT2D eigenvalue weighted by atomic mass is 15.1. The van der Waals surface area contributed by atoms with E-state index in [1.807, 2.05) is 0 Å². The van der Waals surface area contributed by atoms with Crippen LogP contribution in [0.5, 0.6) is 0 Å². The van der Waals surface area contributed by atoms with E-state index in [9.17, 15) is 0 Å². The molecule has 0 bridgehead atoms. The quantitative estimate of drug-likeness (QED) is 0.134. The monoisotopic (exact) mass is 804 g/mol. The summed E-state index contributed by atoms with van der Waals surface area (Å²) in [4.78, 5) is 2.49. The van der Waals surface area contributed by atoms with Gasteiger partial charge in [-0.2, -0.15) is 0 Å². The second-order valence-electron chi connectivity index (χ2n) is 16.2. The molecule has 63 heavy (non-hydrogen) atoms. The van der Waals surface area contributed by atoms with E-state index >= 15 is 0 Å². The van der Waals surface area contributed by atoms with Crippen LogP contribution in [0.1, 0.15) is 5.56 Å². The lowest BCUT2D eigenvalue weighted by Gasteiger charge is -2.29. The van der Waals surface area contributed by atoms with Crippen molar-refractivity contribution in [3.8, 4) is 61.3 Å². The number of hydrogen-bond acceptors (Lipinski definition) is 1. The minimum Gasteiger partial charge on any atom is -0.336 e. The summed E-state index contributed by atoms with van der Waals surface area (Å²) in [7, 11) is 0. The first-order valence-electron chi connectivity index (χ1n) is 21.7. The molecule has 0 spiro atoms. The Kier molecular flexibility index (Phi) is 10.0. The SMILES string of the molecule is c1ccc(-c2ccc(-c3ccc(-c4ccccc4)cc3N(Cc3ccc(-c4ccc5c(c4)c4ccccc4n5-c4ccccc4)cc3)c3ccc(-c4ccccc4)cc3)cc2)cc1. The Bertz CT molecular complexity index is 3300. The predicted molar refractivity (Wildman–Crippen MR) is 267 cm³/mol. The molecule has 0 aliphatic rings. The third-order valence-electron chi connectivity index (χ3n) is 12.3. The number of para-hydroxylation sites is 2. The number of rotatable bonds is 10. The van der Waals surface area contributed by atoms with E-state index < -0.39 is 0 Å². The van der Waals surface area contributed by atoms with Crippen molar-refractivity contribution in [1.29, 1.82) is 0 Å². The van der Waals surface area contributed by atoms with Crippen LogP contribution in [-0.2, 0) is 6.54 Å². The molecule has 0 radical (unpaired) electrons. The van der Waals surface area contributed by atoms with Crippen molar-refractivity contribution in [2.24, 2.45) is 0 Å². The highest BCUT2D eigenvalue weighted by Gasteiger charge is 2.19. The van der Waals surface area contributed by atoms with Gasteiger partial charge in [-0.25, -0.2) is 0 Å². The van der Waals surface area contributed by atoms with Crippen LogP contribution < -0.4 is 4.90 Å². The van der Waals surface area contributed by atoms with Crippen LogP contribution in [0.2, 0.25) is 0 Å². The Morgan fingerprint density at radius 1 is 0.302 bits per heavy atom. The van der Waals surface area contributed by atoms with Crippen molar-refractivity contribution in [1.82, 2.24) is 4.57 Å². The summed E-state index contributed by atoms with van der Waals surface area (Å²) in [5.74, 6) is 0. The van der Waals surface area contributed by atoms with Gasteiger partial charge in [0.05, 0.1) is 11.0 Å². The van der Waals surface area contributed by atoms with Crippen molar-refractivity contribution in [3.05, 3.63) is 260 Å². The number of hydrogen-bond donors (Lipinski definition) is 0. The highest BCUT2D eigenvalue weighted by Crippen LogP contribution is 2.41. The molecule has 10 aromatic carbocycles. The number of anilines is 2. The maximum absolute atomic E-state index is 2.49. The van der Waals surface area contributed by atoms with Crippen LogP contribution >= 0.6 is 0 Å². The molecule has 0 N–H and O–H groups in total. The van der Waals surface area contributed by atoms with Crippen LogP contribution in [0.3, 0.4) is 0 Å². The topological polar surface area (TPSA) is 8.17 Å². The Hall–Kier alpha value is -8.20. The van der Waals surface area contributed by atoms with Crippen molar-refractivity contribution < 1.29 is 0 Å². The van der Waals surface area contributed by atoms with E-state index in [0.29, 0.717) is 6.54 Å². The average molecular weight is 805 g/mol. The van der Waals surface area contributed by atoms with E-state index in [0.717, 1.165) is 11.4 Å². The molecule has 298 valence electrons.